The average molecular weight is 247 g/mol. The van der Waals surface area contributed by atoms with Gasteiger partial charge < -0.3 is 16.0 Å². The Bertz CT molecular complexity index is 406. The summed E-state index contributed by atoms with van der Waals surface area (Å²) in [6.07, 6.45) is 5.28. The Morgan fingerprint density at radius 3 is 2.50 bits per heavy atom. The number of nitrogen functional groups attached to an aromatic ring is 1. The summed E-state index contributed by atoms with van der Waals surface area (Å²) in [5.74, 6) is 0. The molecule has 0 aliphatic heterocycles. The predicted octanol–water partition coefficient (Wildman–Crippen LogP) is 2.86. The molecule has 0 amide bonds. The zero-order valence-corrected chi connectivity index (χ0v) is 11.8. The minimum Gasteiger partial charge on any atom is -0.399 e. The molecule has 1 saturated carbocycles. The second-order valence-corrected chi connectivity index (χ2v) is 5.75. The number of anilines is 2. The van der Waals surface area contributed by atoms with Crippen LogP contribution < -0.4 is 11.1 Å². The fourth-order valence-corrected chi connectivity index (χ4v) is 2.96. The van der Waals surface area contributed by atoms with Crippen molar-refractivity contribution >= 4 is 11.4 Å². The first-order valence-corrected chi connectivity index (χ1v) is 6.81. The van der Waals surface area contributed by atoms with Crippen molar-refractivity contribution in [3.8, 4) is 0 Å². The lowest BCUT2D eigenvalue weighted by Crippen LogP contribution is -2.47. The van der Waals surface area contributed by atoms with Crippen molar-refractivity contribution in [1.29, 1.82) is 0 Å². The predicted molar refractivity (Wildman–Crippen MR) is 79.0 cm³/mol. The summed E-state index contributed by atoms with van der Waals surface area (Å²) in [5, 5.41) is 3.61. The Labute approximate surface area is 110 Å². The van der Waals surface area contributed by atoms with E-state index in [0.29, 0.717) is 5.54 Å². The third-order valence-electron chi connectivity index (χ3n) is 4.34. The van der Waals surface area contributed by atoms with E-state index in [1.807, 2.05) is 12.1 Å². The van der Waals surface area contributed by atoms with Crippen LogP contribution in [0.4, 0.5) is 11.4 Å². The van der Waals surface area contributed by atoms with E-state index in [4.69, 9.17) is 5.73 Å². The average Bonchev–Trinajstić information content (AvgIpc) is 2.78. The molecule has 0 atom stereocenters. The van der Waals surface area contributed by atoms with Crippen LogP contribution in [0.3, 0.4) is 0 Å². The molecule has 1 aromatic rings. The van der Waals surface area contributed by atoms with Gasteiger partial charge in [-0.2, -0.15) is 0 Å². The van der Waals surface area contributed by atoms with Crippen LogP contribution in [-0.4, -0.2) is 31.1 Å². The van der Waals surface area contributed by atoms with E-state index >= 15 is 0 Å². The number of nitrogens with zero attached hydrogens (tertiary/aromatic N) is 1. The molecule has 3 nitrogen and oxygen atoms in total. The van der Waals surface area contributed by atoms with Gasteiger partial charge >= 0.3 is 0 Å². The highest BCUT2D eigenvalue weighted by Gasteiger charge is 2.35. The summed E-state index contributed by atoms with van der Waals surface area (Å²) in [5.41, 5.74) is 9.38. The first kappa shape index (κ1) is 13.2. The molecule has 2 rings (SSSR count). The van der Waals surface area contributed by atoms with Crippen LogP contribution in [0.25, 0.3) is 0 Å². The molecule has 0 heterocycles. The fraction of sp³-hybridized carbons (Fsp3) is 0.600. The molecule has 3 heteroatoms. The molecule has 1 fully saturated rings. The van der Waals surface area contributed by atoms with Gasteiger partial charge in [-0.25, -0.2) is 0 Å². The van der Waals surface area contributed by atoms with E-state index in [9.17, 15) is 0 Å². The molecule has 0 saturated heterocycles. The molecule has 1 aliphatic rings. The smallest absolute Gasteiger partial charge is 0.0375 e. The van der Waals surface area contributed by atoms with E-state index in [1.54, 1.807) is 0 Å². The van der Waals surface area contributed by atoms with E-state index in [-0.39, 0.29) is 0 Å². The summed E-state index contributed by atoms with van der Waals surface area (Å²) < 4.78 is 0. The zero-order chi connectivity index (χ0) is 13.2. The monoisotopic (exact) mass is 247 g/mol. The first-order chi connectivity index (χ1) is 8.53. The molecule has 100 valence electrons. The summed E-state index contributed by atoms with van der Waals surface area (Å²) in [7, 11) is 4.39. The molecular formula is C15H25N3. The van der Waals surface area contributed by atoms with Gasteiger partial charge in [-0.05, 0) is 57.6 Å². The van der Waals surface area contributed by atoms with Crippen LogP contribution in [-0.2, 0) is 0 Å². The van der Waals surface area contributed by atoms with Gasteiger partial charge in [0, 0.05) is 23.5 Å². The highest BCUT2D eigenvalue weighted by Crippen LogP contribution is 2.34. The fourth-order valence-electron chi connectivity index (χ4n) is 2.96. The largest absolute Gasteiger partial charge is 0.399 e. The van der Waals surface area contributed by atoms with Gasteiger partial charge in [-0.3, -0.25) is 0 Å². The van der Waals surface area contributed by atoms with Gasteiger partial charge in [0.15, 0.2) is 0 Å². The Morgan fingerprint density at radius 2 is 1.94 bits per heavy atom. The van der Waals surface area contributed by atoms with E-state index in [1.165, 1.54) is 36.9 Å². The summed E-state index contributed by atoms with van der Waals surface area (Å²) in [6.45, 7) is 3.13. The third-order valence-corrected chi connectivity index (χ3v) is 4.34. The lowest BCUT2D eigenvalue weighted by atomic mass is 9.95. The molecular weight excluding hydrogens is 222 g/mol. The number of benzene rings is 1. The van der Waals surface area contributed by atoms with Crippen molar-refractivity contribution in [2.45, 2.75) is 38.1 Å². The lowest BCUT2D eigenvalue weighted by molar-refractivity contribution is 0.172. The van der Waals surface area contributed by atoms with Gasteiger partial charge in [0.1, 0.15) is 0 Å². The van der Waals surface area contributed by atoms with E-state index in [0.717, 1.165) is 12.2 Å². The number of hydrogen-bond donors (Lipinski definition) is 2. The molecule has 1 aliphatic carbocycles. The highest BCUT2D eigenvalue weighted by molar-refractivity contribution is 5.57. The van der Waals surface area contributed by atoms with Crippen LogP contribution in [0.1, 0.15) is 31.2 Å². The molecule has 0 spiro atoms. The van der Waals surface area contributed by atoms with Crippen LogP contribution in [0.2, 0.25) is 0 Å². The molecule has 0 bridgehead atoms. The van der Waals surface area contributed by atoms with Crippen LogP contribution in [0.5, 0.6) is 0 Å². The van der Waals surface area contributed by atoms with Gasteiger partial charge in [0.2, 0.25) is 0 Å². The number of nitrogens with one attached hydrogen (secondary N) is 1. The second-order valence-electron chi connectivity index (χ2n) is 5.75. The van der Waals surface area contributed by atoms with E-state index < -0.39 is 0 Å². The normalized spacial score (nSPS) is 18.2. The van der Waals surface area contributed by atoms with Gasteiger partial charge in [0.05, 0.1) is 0 Å². The van der Waals surface area contributed by atoms with Crippen LogP contribution in [0.15, 0.2) is 18.2 Å². The molecule has 0 unspecified atom stereocenters. The molecule has 3 N–H and O–H groups in total. The van der Waals surface area contributed by atoms with Crippen molar-refractivity contribution in [1.82, 2.24) is 4.90 Å². The zero-order valence-electron chi connectivity index (χ0n) is 11.8. The minimum atomic E-state index is 0.327. The summed E-state index contributed by atoms with van der Waals surface area (Å²) in [4.78, 5) is 2.39. The second kappa shape index (κ2) is 5.19. The molecule has 1 aromatic carbocycles. The number of likely N-dealkylation sites (N-methyl/N-ethyl adjacent to an activating group) is 1. The van der Waals surface area contributed by atoms with Crippen LogP contribution >= 0.6 is 0 Å². The van der Waals surface area contributed by atoms with Crippen molar-refractivity contribution in [3.63, 3.8) is 0 Å². The lowest BCUT2D eigenvalue weighted by Gasteiger charge is -2.37. The first-order valence-electron chi connectivity index (χ1n) is 6.81. The van der Waals surface area contributed by atoms with Gasteiger partial charge in [-0.15, -0.1) is 0 Å². The standard InChI is InChI=1S/C15H25N3/c1-12-10-13(16)6-7-14(12)17-11-15(18(2)3)8-4-5-9-15/h6-7,10,17H,4-5,8-9,11,16H2,1-3H3. The number of aryl methyl sites for hydroxylation is 1. The highest BCUT2D eigenvalue weighted by atomic mass is 15.2. The van der Waals surface area contributed by atoms with Gasteiger partial charge in [-0.1, -0.05) is 12.8 Å². The Kier molecular flexibility index (Phi) is 3.81. The minimum absolute atomic E-state index is 0.327. The summed E-state index contributed by atoms with van der Waals surface area (Å²) in [6, 6.07) is 6.08. The number of nitrogens with two attached hydrogens (primary N) is 1. The SMILES string of the molecule is Cc1cc(N)ccc1NCC1(N(C)C)CCCC1. The Balaban J connectivity index is 2.06. The van der Waals surface area contributed by atoms with Gasteiger partial charge in [0.25, 0.3) is 0 Å². The maximum absolute atomic E-state index is 5.78. The molecule has 18 heavy (non-hydrogen) atoms. The Hall–Kier alpha value is -1.22. The van der Waals surface area contributed by atoms with Crippen LogP contribution in [0, 0.1) is 6.92 Å². The van der Waals surface area contributed by atoms with Crippen molar-refractivity contribution in [2.24, 2.45) is 0 Å². The number of hydrogen-bond acceptors (Lipinski definition) is 3. The van der Waals surface area contributed by atoms with Crippen molar-refractivity contribution in [3.05, 3.63) is 23.8 Å². The Morgan fingerprint density at radius 1 is 1.28 bits per heavy atom. The molecule has 0 aromatic heterocycles. The maximum Gasteiger partial charge on any atom is 0.0375 e. The summed E-state index contributed by atoms with van der Waals surface area (Å²) >= 11 is 0. The quantitative estimate of drug-likeness (QED) is 0.804. The maximum atomic E-state index is 5.78. The molecule has 0 radical (unpaired) electrons. The van der Waals surface area contributed by atoms with Crippen molar-refractivity contribution < 1.29 is 0 Å². The topological polar surface area (TPSA) is 41.3 Å². The third kappa shape index (κ3) is 2.61. The van der Waals surface area contributed by atoms with E-state index in [2.05, 4.69) is 37.3 Å². The van der Waals surface area contributed by atoms with Crippen molar-refractivity contribution in [2.75, 3.05) is 31.7 Å². The number of rotatable bonds is 4.